The summed E-state index contributed by atoms with van der Waals surface area (Å²) in [5.74, 6) is 0. The number of H-pyrrole nitrogens is 1. The van der Waals surface area contributed by atoms with Crippen LogP contribution in [-0.4, -0.2) is 23.1 Å². The lowest BCUT2D eigenvalue weighted by Crippen LogP contribution is -2.19. The standard InChI is InChI=1S/C12H12BrN3.ClH/c13-9-5-10-11(7-16-12(10)15-6-9)8-1-3-14-4-2-8;/h1,5-7,14H,2-4H2,(H,15,16);1H. The molecule has 0 radical (unpaired) electrons. The Bertz CT molecular complexity index is 562. The predicted octanol–water partition coefficient (Wildman–Crippen LogP) is 3.12. The van der Waals surface area contributed by atoms with E-state index in [2.05, 4.69) is 49.6 Å². The van der Waals surface area contributed by atoms with Gasteiger partial charge in [-0.3, -0.25) is 0 Å². The summed E-state index contributed by atoms with van der Waals surface area (Å²) < 4.78 is 1.02. The highest BCUT2D eigenvalue weighted by atomic mass is 79.9. The van der Waals surface area contributed by atoms with Gasteiger partial charge in [-0.05, 0) is 40.5 Å². The fraction of sp³-hybridized carbons (Fsp3) is 0.250. The molecule has 1 aliphatic rings. The Labute approximate surface area is 114 Å². The summed E-state index contributed by atoms with van der Waals surface area (Å²) in [5, 5.41) is 4.52. The molecular weight excluding hydrogens is 302 g/mol. The minimum absolute atomic E-state index is 0. The summed E-state index contributed by atoms with van der Waals surface area (Å²) in [6.45, 7) is 2.02. The molecule has 0 unspecified atom stereocenters. The number of aromatic nitrogens is 2. The molecule has 3 heterocycles. The molecule has 2 aromatic heterocycles. The Hall–Kier alpha value is -0.840. The van der Waals surface area contributed by atoms with Gasteiger partial charge in [-0.2, -0.15) is 0 Å². The van der Waals surface area contributed by atoms with Crippen LogP contribution in [0.3, 0.4) is 0 Å². The SMILES string of the molecule is Brc1cnc2[nH]cc(C3=CCNCC3)c2c1.Cl. The lowest BCUT2D eigenvalue weighted by molar-refractivity contribution is 0.739. The fourth-order valence-electron chi connectivity index (χ4n) is 2.11. The first-order valence-corrected chi connectivity index (χ1v) is 6.16. The van der Waals surface area contributed by atoms with E-state index in [0.29, 0.717) is 0 Å². The average Bonchev–Trinajstić information content (AvgIpc) is 2.73. The van der Waals surface area contributed by atoms with Crippen molar-refractivity contribution in [3.05, 3.63) is 34.6 Å². The second kappa shape index (κ2) is 5.21. The Morgan fingerprint density at radius 3 is 3.00 bits per heavy atom. The monoisotopic (exact) mass is 313 g/mol. The summed E-state index contributed by atoms with van der Waals surface area (Å²) >= 11 is 3.47. The molecule has 2 aromatic rings. The summed E-state index contributed by atoms with van der Waals surface area (Å²) in [6.07, 6.45) is 7.22. The Balaban J connectivity index is 0.00000108. The quantitative estimate of drug-likeness (QED) is 0.849. The second-order valence-electron chi connectivity index (χ2n) is 3.94. The van der Waals surface area contributed by atoms with Crippen molar-refractivity contribution in [1.82, 2.24) is 15.3 Å². The van der Waals surface area contributed by atoms with Crippen molar-refractivity contribution < 1.29 is 0 Å². The molecule has 0 saturated heterocycles. The van der Waals surface area contributed by atoms with E-state index in [-0.39, 0.29) is 12.4 Å². The molecule has 0 atom stereocenters. The van der Waals surface area contributed by atoms with Gasteiger partial charge in [-0.1, -0.05) is 6.08 Å². The van der Waals surface area contributed by atoms with Crippen LogP contribution in [0.15, 0.2) is 29.0 Å². The van der Waals surface area contributed by atoms with Crippen LogP contribution in [0.4, 0.5) is 0 Å². The number of nitrogens with one attached hydrogen (secondary N) is 2. The smallest absolute Gasteiger partial charge is 0.137 e. The molecule has 0 fully saturated rings. The largest absolute Gasteiger partial charge is 0.346 e. The van der Waals surface area contributed by atoms with Crippen LogP contribution in [-0.2, 0) is 0 Å². The second-order valence-corrected chi connectivity index (χ2v) is 4.85. The minimum atomic E-state index is 0. The lowest BCUT2D eigenvalue weighted by Gasteiger charge is -2.13. The number of rotatable bonds is 1. The molecule has 0 aliphatic carbocycles. The number of halogens is 2. The van der Waals surface area contributed by atoms with Gasteiger partial charge in [0.15, 0.2) is 0 Å². The van der Waals surface area contributed by atoms with Gasteiger partial charge in [-0.25, -0.2) is 4.98 Å². The molecule has 5 heteroatoms. The maximum absolute atomic E-state index is 4.35. The molecule has 0 spiro atoms. The Kier molecular flexibility index (Phi) is 3.86. The van der Waals surface area contributed by atoms with Crippen molar-refractivity contribution in [2.75, 3.05) is 13.1 Å². The number of fused-ring (bicyclic) bond motifs is 1. The van der Waals surface area contributed by atoms with Crippen LogP contribution in [0.2, 0.25) is 0 Å². The maximum atomic E-state index is 4.35. The van der Waals surface area contributed by atoms with Crippen LogP contribution in [0.1, 0.15) is 12.0 Å². The van der Waals surface area contributed by atoms with Gasteiger partial charge < -0.3 is 10.3 Å². The molecule has 0 bridgehead atoms. The number of hydrogen-bond acceptors (Lipinski definition) is 2. The molecule has 3 nitrogen and oxygen atoms in total. The third-order valence-corrected chi connectivity index (χ3v) is 3.34. The van der Waals surface area contributed by atoms with Gasteiger partial charge in [0.25, 0.3) is 0 Å². The number of nitrogens with zero attached hydrogens (tertiary/aromatic N) is 1. The van der Waals surface area contributed by atoms with Crippen LogP contribution < -0.4 is 5.32 Å². The van der Waals surface area contributed by atoms with Crippen molar-refractivity contribution in [3.63, 3.8) is 0 Å². The highest BCUT2D eigenvalue weighted by molar-refractivity contribution is 9.10. The van der Waals surface area contributed by atoms with Crippen LogP contribution >= 0.6 is 28.3 Å². The number of aromatic amines is 1. The molecule has 0 amide bonds. The van der Waals surface area contributed by atoms with Gasteiger partial charge >= 0.3 is 0 Å². The van der Waals surface area contributed by atoms with Gasteiger partial charge in [0.2, 0.25) is 0 Å². The molecule has 0 saturated carbocycles. The van der Waals surface area contributed by atoms with Crippen molar-refractivity contribution in [3.8, 4) is 0 Å². The molecule has 0 aromatic carbocycles. The predicted molar refractivity (Wildman–Crippen MR) is 76.5 cm³/mol. The van der Waals surface area contributed by atoms with E-state index in [4.69, 9.17) is 0 Å². The Morgan fingerprint density at radius 2 is 2.24 bits per heavy atom. The lowest BCUT2D eigenvalue weighted by atomic mass is 10.0. The zero-order chi connectivity index (χ0) is 11.0. The van der Waals surface area contributed by atoms with Crippen molar-refractivity contribution >= 4 is 44.9 Å². The number of pyridine rings is 1. The molecule has 3 rings (SSSR count). The topological polar surface area (TPSA) is 40.7 Å². The van der Waals surface area contributed by atoms with Crippen molar-refractivity contribution in [2.45, 2.75) is 6.42 Å². The number of hydrogen-bond donors (Lipinski definition) is 2. The highest BCUT2D eigenvalue weighted by Crippen LogP contribution is 2.28. The van der Waals surface area contributed by atoms with E-state index in [1.54, 1.807) is 0 Å². The first-order valence-electron chi connectivity index (χ1n) is 5.37. The van der Waals surface area contributed by atoms with E-state index in [1.165, 1.54) is 16.5 Å². The van der Waals surface area contributed by atoms with E-state index in [0.717, 1.165) is 29.6 Å². The zero-order valence-electron chi connectivity index (χ0n) is 9.16. The molecular formula is C12H13BrClN3. The van der Waals surface area contributed by atoms with Gasteiger partial charge in [0, 0.05) is 34.4 Å². The summed E-state index contributed by atoms with van der Waals surface area (Å²) in [5.41, 5.74) is 3.65. The third-order valence-electron chi connectivity index (χ3n) is 2.91. The van der Waals surface area contributed by atoms with E-state index >= 15 is 0 Å². The van der Waals surface area contributed by atoms with Gasteiger partial charge in [-0.15, -0.1) is 12.4 Å². The summed E-state index contributed by atoms with van der Waals surface area (Å²) in [4.78, 5) is 7.57. The van der Waals surface area contributed by atoms with Crippen LogP contribution in [0.25, 0.3) is 16.6 Å². The molecule has 17 heavy (non-hydrogen) atoms. The molecule has 90 valence electrons. The summed E-state index contributed by atoms with van der Waals surface area (Å²) in [6, 6.07) is 2.12. The van der Waals surface area contributed by atoms with Gasteiger partial charge in [0.05, 0.1) is 0 Å². The van der Waals surface area contributed by atoms with Crippen molar-refractivity contribution in [2.24, 2.45) is 0 Å². The highest BCUT2D eigenvalue weighted by Gasteiger charge is 2.11. The first-order chi connectivity index (χ1) is 7.84. The maximum Gasteiger partial charge on any atom is 0.137 e. The Morgan fingerprint density at radius 1 is 1.35 bits per heavy atom. The molecule has 2 N–H and O–H groups in total. The minimum Gasteiger partial charge on any atom is -0.346 e. The normalized spacial score (nSPS) is 15.5. The fourth-order valence-corrected chi connectivity index (χ4v) is 2.44. The van der Waals surface area contributed by atoms with E-state index < -0.39 is 0 Å². The van der Waals surface area contributed by atoms with E-state index in [1.807, 2.05) is 6.20 Å². The van der Waals surface area contributed by atoms with Gasteiger partial charge in [0.1, 0.15) is 5.65 Å². The third kappa shape index (κ3) is 2.39. The van der Waals surface area contributed by atoms with Crippen molar-refractivity contribution in [1.29, 1.82) is 0 Å². The first kappa shape index (κ1) is 12.6. The summed E-state index contributed by atoms with van der Waals surface area (Å²) in [7, 11) is 0. The zero-order valence-corrected chi connectivity index (χ0v) is 11.6. The average molecular weight is 315 g/mol. The van der Waals surface area contributed by atoms with Crippen LogP contribution in [0.5, 0.6) is 0 Å². The molecule has 1 aliphatic heterocycles. The van der Waals surface area contributed by atoms with Crippen LogP contribution in [0, 0.1) is 0 Å². The van der Waals surface area contributed by atoms with E-state index in [9.17, 15) is 0 Å².